The minimum atomic E-state index is -1.02. The van der Waals surface area contributed by atoms with Gasteiger partial charge in [0.25, 0.3) is 0 Å². The Morgan fingerprint density at radius 3 is 2.94 bits per heavy atom. The first kappa shape index (κ1) is 9.59. The van der Waals surface area contributed by atoms with Crippen LogP contribution in [0.15, 0.2) is 42.9 Å². The zero-order chi connectivity index (χ0) is 11.8. The summed E-state index contributed by atoms with van der Waals surface area (Å²) in [7, 11) is 0. The van der Waals surface area contributed by atoms with Gasteiger partial charge in [-0.05, 0) is 18.2 Å². The topological polar surface area (TPSA) is 72.4 Å². The third kappa shape index (κ3) is 1.38. The molecule has 0 aromatic carbocycles. The van der Waals surface area contributed by atoms with Crippen LogP contribution < -0.4 is 0 Å². The highest BCUT2D eigenvalue weighted by molar-refractivity contribution is 5.87. The molecule has 6 heteroatoms. The fourth-order valence-electron chi connectivity index (χ4n) is 1.74. The maximum Gasteiger partial charge on any atom is 0.354 e. The van der Waals surface area contributed by atoms with Gasteiger partial charge in [-0.3, -0.25) is 0 Å². The van der Waals surface area contributed by atoms with Crippen LogP contribution in [0.3, 0.4) is 0 Å². The second-order valence-electron chi connectivity index (χ2n) is 3.49. The molecule has 0 aliphatic rings. The molecule has 1 N–H and O–H groups in total. The number of aromatic carboxylic acids is 1. The van der Waals surface area contributed by atoms with Crippen molar-refractivity contribution < 1.29 is 9.90 Å². The SMILES string of the molecule is O=C(O)c1ccnn1-c1cnn2ccccc12. The van der Waals surface area contributed by atoms with Crippen LogP contribution in [0, 0.1) is 0 Å². The molecule has 0 atom stereocenters. The quantitative estimate of drug-likeness (QED) is 0.715. The van der Waals surface area contributed by atoms with Gasteiger partial charge in [0, 0.05) is 6.20 Å². The van der Waals surface area contributed by atoms with Crippen molar-refractivity contribution in [1.29, 1.82) is 0 Å². The number of hydrogen-bond acceptors (Lipinski definition) is 3. The van der Waals surface area contributed by atoms with Crippen LogP contribution in [0.4, 0.5) is 0 Å². The minimum Gasteiger partial charge on any atom is -0.477 e. The van der Waals surface area contributed by atoms with Gasteiger partial charge in [0.15, 0.2) is 5.69 Å². The van der Waals surface area contributed by atoms with Crippen LogP contribution >= 0.6 is 0 Å². The number of pyridine rings is 1. The summed E-state index contributed by atoms with van der Waals surface area (Å²) >= 11 is 0. The molecule has 0 saturated carbocycles. The smallest absolute Gasteiger partial charge is 0.354 e. The van der Waals surface area contributed by atoms with E-state index in [1.165, 1.54) is 16.9 Å². The van der Waals surface area contributed by atoms with Crippen LogP contribution in [0.1, 0.15) is 10.5 Å². The van der Waals surface area contributed by atoms with Crippen molar-refractivity contribution >= 4 is 11.5 Å². The molecule has 6 nitrogen and oxygen atoms in total. The summed E-state index contributed by atoms with van der Waals surface area (Å²) in [6, 6.07) is 7.03. The summed E-state index contributed by atoms with van der Waals surface area (Å²) in [6.45, 7) is 0. The lowest BCUT2D eigenvalue weighted by Gasteiger charge is -2.01. The van der Waals surface area contributed by atoms with E-state index >= 15 is 0 Å². The molecular weight excluding hydrogens is 220 g/mol. The molecule has 17 heavy (non-hydrogen) atoms. The van der Waals surface area contributed by atoms with E-state index in [0.29, 0.717) is 5.69 Å². The summed E-state index contributed by atoms with van der Waals surface area (Å²) in [6.07, 6.45) is 4.84. The average molecular weight is 228 g/mol. The Labute approximate surface area is 95.7 Å². The van der Waals surface area contributed by atoms with E-state index in [4.69, 9.17) is 5.11 Å². The standard InChI is InChI=1S/C11H8N4O2/c16-11(17)9-4-5-12-15(9)10-7-13-14-6-2-1-3-8(10)14/h1-7H,(H,16,17). The number of nitrogens with zero attached hydrogens (tertiary/aromatic N) is 4. The summed E-state index contributed by atoms with van der Waals surface area (Å²) < 4.78 is 3.04. The Hall–Kier alpha value is -2.63. The van der Waals surface area contributed by atoms with Crippen molar-refractivity contribution in [3.05, 3.63) is 48.5 Å². The molecule has 3 aromatic heterocycles. The first-order chi connectivity index (χ1) is 8.27. The van der Waals surface area contributed by atoms with E-state index in [0.717, 1.165) is 5.52 Å². The molecule has 3 rings (SSSR count). The molecular formula is C11H8N4O2. The van der Waals surface area contributed by atoms with Gasteiger partial charge in [-0.2, -0.15) is 10.2 Å². The third-order valence-corrected chi connectivity index (χ3v) is 2.50. The molecule has 3 heterocycles. The molecule has 0 aliphatic carbocycles. The molecule has 0 aliphatic heterocycles. The molecule has 0 spiro atoms. The van der Waals surface area contributed by atoms with Gasteiger partial charge in [0.1, 0.15) is 5.69 Å². The Morgan fingerprint density at radius 2 is 2.12 bits per heavy atom. The van der Waals surface area contributed by atoms with Crippen LogP contribution in [0.25, 0.3) is 11.2 Å². The van der Waals surface area contributed by atoms with Crippen molar-refractivity contribution in [2.75, 3.05) is 0 Å². The molecule has 3 aromatic rings. The van der Waals surface area contributed by atoms with E-state index in [1.54, 1.807) is 16.9 Å². The number of hydrogen-bond donors (Lipinski definition) is 1. The normalized spacial score (nSPS) is 10.8. The van der Waals surface area contributed by atoms with E-state index in [1.807, 2.05) is 18.2 Å². The second-order valence-corrected chi connectivity index (χ2v) is 3.49. The summed E-state index contributed by atoms with van der Waals surface area (Å²) in [4.78, 5) is 11.0. The lowest BCUT2D eigenvalue weighted by molar-refractivity contribution is 0.0687. The zero-order valence-corrected chi connectivity index (χ0v) is 8.69. The highest BCUT2D eigenvalue weighted by Crippen LogP contribution is 2.16. The fraction of sp³-hybridized carbons (Fsp3) is 0. The van der Waals surface area contributed by atoms with E-state index in [2.05, 4.69) is 10.2 Å². The van der Waals surface area contributed by atoms with E-state index in [9.17, 15) is 4.79 Å². The largest absolute Gasteiger partial charge is 0.477 e. The number of fused-ring (bicyclic) bond motifs is 1. The lowest BCUT2D eigenvalue weighted by atomic mass is 10.3. The van der Waals surface area contributed by atoms with E-state index in [-0.39, 0.29) is 5.69 Å². The minimum absolute atomic E-state index is 0.115. The first-order valence-corrected chi connectivity index (χ1v) is 4.97. The monoisotopic (exact) mass is 228 g/mol. The fourth-order valence-corrected chi connectivity index (χ4v) is 1.74. The Balaban J connectivity index is 2.28. The van der Waals surface area contributed by atoms with E-state index < -0.39 is 5.97 Å². The van der Waals surface area contributed by atoms with Gasteiger partial charge in [-0.25, -0.2) is 14.0 Å². The van der Waals surface area contributed by atoms with Crippen LogP contribution in [-0.2, 0) is 0 Å². The summed E-state index contributed by atoms with van der Waals surface area (Å²) in [5, 5.41) is 17.2. The van der Waals surface area contributed by atoms with Crippen molar-refractivity contribution in [2.24, 2.45) is 0 Å². The Bertz CT molecular complexity index is 698. The first-order valence-electron chi connectivity index (χ1n) is 4.97. The zero-order valence-electron chi connectivity index (χ0n) is 8.69. The maximum atomic E-state index is 11.0. The predicted octanol–water partition coefficient (Wildman–Crippen LogP) is 1.22. The van der Waals surface area contributed by atoms with Gasteiger partial charge in [0.05, 0.1) is 17.9 Å². The van der Waals surface area contributed by atoms with Crippen molar-refractivity contribution in [3.8, 4) is 5.69 Å². The Kier molecular flexibility index (Phi) is 1.94. The van der Waals surface area contributed by atoms with Crippen molar-refractivity contribution in [1.82, 2.24) is 19.4 Å². The van der Waals surface area contributed by atoms with Gasteiger partial charge < -0.3 is 5.11 Å². The molecule has 0 unspecified atom stereocenters. The molecule has 0 saturated heterocycles. The number of carbonyl (C=O) groups is 1. The third-order valence-electron chi connectivity index (χ3n) is 2.50. The highest BCUT2D eigenvalue weighted by Gasteiger charge is 2.14. The Morgan fingerprint density at radius 1 is 1.24 bits per heavy atom. The average Bonchev–Trinajstić information content (AvgIpc) is 2.94. The predicted molar refractivity (Wildman–Crippen MR) is 59.3 cm³/mol. The van der Waals surface area contributed by atoms with Crippen LogP contribution in [-0.4, -0.2) is 30.5 Å². The van der Waals surface area contributed by atoms with Crippen molar-refractivity contribution in [2.45, 2.75) is 0 Å². The maximum absolute atomic E-state index is 11.0. The van der Waals surface area contributed by atoms with Crippen molar-refractivity contribution in [3.63, 3.8) is 0 Å². The number of aromatic nitrogens is 4. The highest BCUT2D eigenvalue weighted by atomic mass is 16.4. The second kappa shape index (κ2) is 3.44. The lowest BCUT2D eigenvalue weighted by Crippen LogP contribution is -2.07. The summed E-state index contributed by atoms with van der Waals surface area (Å²) in [5.74, 6) is -1.02. The van der Waals surface area contributed by atoms with Gasteiger partial charge >= 0.3 is 5.97 Å². The van der Waals surface area contributed by atoms with Crippen LogP contribution in [0.2, 0.25) is 0 Å². The van der Waals surface area contributed by atoms with Crippen LogP contribution in [0.5, 0.6) is 0 Å². The molecule has 0 fully saturated rings. The molecule has 0 radical (unpaired) electrons. The van der Waals surface area contributed by atoms with Gasteiger partial charge in [0.2, 0.25) is 0 Å². The molecule has 84 valence electrons. The van der Waals surface area contributed by atoms with Gasteiger partial charge in [-0.15, -0.1) is 0 Å². The number of carboxylic acids is 1. The number of rotatable bonds is 2. The molecule has 0 amide bonds. The summed E-state index contributed by atoms with van der Waals surface area (Å²) in [5.41, 5.74) is 1.57. The van der Waals surface area contributed by atoms with Gasteiger partial charge in [-0.1, -0.05) is 6.07 Å². The molecule has 0 bridgehead atoms. The number of carboxylic acid groups (broad SMARTS) is 1.